The molecule has 1 aromatic rings. The van der Waals surface area contributed by atoms with E-state index in [0.717, 1.165) is 12.1 Å². The number of phenolic OH excluding ortho intramolecular Hbond substituents is 3. The standard InChI is InChI=1S/C7H6O5.Bi/c8-4-1-3(7(11)12)2-5(9)6(4)10;/h1-2,8-10H,(H,11,12);. The summed E-state index contributed by atoms with van der Waals surface area (Å²) in [6.45, 7) is 0. The summed E-state index contributed by atoms with van der Waals surface area (Å²) >= 11 is 0. The number of hydrogen-bond acceptors (Lipinski definition) is 4. The van der Waals surface area contributed by atoms with Crippen molar-refractivity contribution in [2.75, 3.05) is 0 Å². The Hall–Kier alpha value is -1.03. The maximum Gasteiger partial charge on any atom is 0.335 e. The molecule has 69 valence electrons. The number of benzene rings is 1. The first-order chi connectivity index (χ1) is 5.52. The Morgan fingerprint density at radius 2 is 1.46 bits per heavy atom. The van der Waals surface area contributed by atoms with Crippen molar-refractivity contribution in [1.82, 2.24) is 0 Å². The predicted molar refractivity (Wildman–Crippen MR) is 44.1 cm³/mol. The number of hydrogen-bond donors (Lipinski definition) is 4. The molecular formula is C7H6BiO5. The van der Waals surface area contributed by atoms with Gasteiger partial charge >= 0.3 is 5.97 Å². The van der Waals surface area contributed by atoms with E-state index < -0.39 is 23.2 Å². The minimum atomic E-state index is -1.29. The van der Waals surface area contributed by atoms with Crippen LogP contribution in [0.3, 0.4) is 0 Å². The molecule has 13 heavy (non-hydrogen) atoms. The average molecular weight is 379 g/mol. The van der Waals surface area contributed by atoms with Gasteiger partial charge < -0.3 is 20.4 Å². The van der Waals surface area contributed by atoms with E-state index in [9.17, 15) is 4.79 Å². The fraction of sp³-hybridized carbons (Fsp3) is 0. The van der Waals surface area contributed by atoms with Crippen molar-refractivity contribution in [1.29, 1.82) is 0 Å². The van der Waals surface area contributed by atoms with E-state index in [0.29, 0.717) is 0 Å². The molecule has 0 saturated heterocycles. The second kappa shape index (κ2) is 4.28. The first-order valence-electron chi connectivity index (χ1n) is 3.00. The van der Waals surface area contributed by atoms with Crippen LogP contribution in [0.2, 0.25) is 0 Å². The van der Waals surface area contributed by atoms with Crippen molar-refractivity contribution in [2.24, 2.45) is 0 Å². The number of carboxylic acids is 1. The van der Waals surface area contributed by atoms with Gasteiger partial charge in [0.25, 0.3) is 0 Å². The van der Waals surface area contributed by atoms with Crippen molar-refractivity contribution < 1.29 is 25.2 Å². The van der Waals surface area contributed by atoms with Crippen LogP contribution in [-0.4, -0.2) is 52.6 Å². The fourth-order valence-electron chi connectivity index (χ4n) is 0.728. The molecular weight excluding hydrogens is 373 g/mol. The van der Waals surface area contributed by atoms with Crippen LogP contribution < -0.4 is 0 Å². The number of aromatic carboxylic acids is 1. The Morgan fingerprint density at radius 3 is 1.77 bits per heavy atom. The number of rotatable bonds is 1. The first kappa shape index (κ1) is 12.0. The average Bonchev–Trinajstić information content (AvgIpc) is 1.99. The minimum absolute atomic E-state index is 0. The van der Waals surface area contributed by atoms with Gasteiger partial charge in [-0.2, -0.15) is 0 Å². The maximum absolute atomic E-state index is 10.3. The molecule has 0 unspecified atom stereocenters. The number of carbonyl (C=O) groups is 1. The van der Waals surface area contributed by atoms with Crippen molar-refractivity contribution in [3.05, 3.63) is 17.7 Å². The molecule has 1 aromatic carbocycles. The van der Waals surface area contributed by atoms with Gasteiger partial charge in [0, 0.05) is 26.2 Å². The van der Waals surface area contributed by atoms with Gasteiger partial charge in [0.2, 0.25) is 0 Å². The maximum atomic E-state index is 10.3. The molecule has 0 fully saturated rings. The van der Waals surface area contributed by atoms with Crippen LogP contribution in [-0.2, 0) is 0 Å². The van der Waals surface area contributed by atoms with Crippen LogP contribution in [0.15, 0.2) is 12.1 Å². The van der Waals surface area contributed by atoms with Gasteiger partial charge in [-0.3, -0.25) is 0 Å². The van der Waals surface area contributed by atoms with Crippen LogP contribution in [0.4, 0.5) is 0 Å². The molecule has 0 spiro atoms. The Bertz CT molecular complexity index is 313. The van der Waals surface area contributed by atoms with Crippen LogP contribution in [0.25, 0.3) is 0 Å². The third-order valence-electron chi connectivity index (χ3n) is 1.32. The molecule has 0 bridgehead atoms. The SMILES string of the molecule is O=C(O)c1cc(O)c(O)c(O)c1.[Bi]. The summed E-state index contributed by atoms with van der Waals surface area (Å²) in [5.41, 5.74) is -0.289. The topological polar surface area (TPSA) is 98.0 Å². The molecule has 0 aliphatic carbocycles. The van der Waals surface area contributed by atoms with Crippen molar-refractivity contribution in [2.45, 2.75) is 0 Å². The van der Waals surface area contributed by atoms with E-state index in [-0.39, 0.29) is 31.8 Å². The van der Waals surface area contributed by atoms with Crippen LogP contribution in [0.1, 0.15) is 10.4 Å². The Morgan fingerprint density at radius 1 is 1.08 bits per heavy atom. The van der Waals surface area contributed by atoms with Gasteiger partial charge in [0.05, 0.1) is 5.56 Å². The fourth-order valence-corrected chi connectivity index (χ4v) is 0.728. The van der Waals surface area contributed by atoms with Crippen molar-refractivity contribution in [3.63, 3.8) is 0 Å². The minimum Gasteiger partial charge on any atom is -0.504 e. The van der Waals surface area contributed by atoms with E-state index in [1.165, 1.54) is 0 Å². The Kier molecular flexibility index (Phi) is 3.94. The van der Waals surface area contributed by atoms with Gasteiger partial charge in [-0.15, -0.1) is 0 Å². The zero-order valence-electron chi connectivity index (χ0n) is 6.30. The molecule has 0 aliphatic rings. The largest absolute Gasteiger partial charge is 0.504 e. The van der Waals surface area contributed by atoms with Crippen LogP contribution in [0, 0.1) is 0 Å². The summed E-state index contributed by atoms with van der Waals surface area (Å²) in [4.78, 5) is 10.3. The second-order valence-electron chi connectivity index (χ2n) is 2.17. The first-order valence-corrected chi connectivity index (χ1v) is 3.00. The summed E-state index contributed by atoms with van der Waals surface area (Å²) in [5.74, 6) is -3.33. The van der Waals surface area contributed by atoms with E-state index in [1.807, 2.05) is 0 Å². The second-order valence-corrected chi connectivity index (χ2v) is 2.17. The smallest absolute Gasteiger partial charge is 0.335 e. The van der Waals surface area contributed by atoms with Crippen molar-refractivity contribution >= 4 is 32.2 Å². The molecule has 0 saturated carbocycles. The van der Waals surface area contributed by atoms with Crippen LogP contribution >= 0.6 is 0 Å². The monoisotopic (exact) mass is 379 g/mol. The van der Waals surface area contributed by atoms with Gasteiger partial charge in [0.15, 0.2) is 17.2 Å². The number of carboxylic acid groups (broad SMARTS) is 1. The molecule has 3 radical (unpaired) electrons. The Labute approximate surface area is 92.4 Å². The summed E-state index contributed by atoms with van der Waals surface area (Å²) in [6, 6.07) is 1.69. The van der Waals surface area contributed by atoms with Crippen molar-refractivity contribution in [3.8, 4) is 17.2 Å². The molecule has 6 heteroatoms. The van der Waals surface area contributed by atoms with Gasteiger partial charge in [0.1, 0.15) is 0 Å². The summed E-state index contributed by atoms with van der Waals surface area (Å²) in [5, 5.41) is 35.0. The molecule has 4 N–H and O–H groups in total. The molecule has 5 nitrogen and oxygen atoms in total. The van der Waals surface area contributed by atoms with Gasteiger partial charge in [-0.1, -0.05) is 0 Å². The number of aromatic hydroxyl groups is 3. The van der Waals surface area contributed by atoms with Gasteiger partial charge in [-0.25, -0.2) is 4.79 Å². The zero-order chi connectivity index (χ0) is 9.30. The molecule has 0 aromatic heterocycles. The predicted octanol–water partition coefficient (Wildman–Crippen LogP) is 0.121. The zero-order valence-corrected chi connectivity index (χ0v) is 9.78. The van der Waals surface area contributed by atoms with Crippen LogP contribution in [0.5, 0.6) is 17.2 Å². The van der Waals surface area contributed by atoms with E-state index in [4.69, 9.17) is 20.4 Å². The normalized spacial score (nSPS) is 8.92. The Balaban J connectivity index is 0.00000144. The summed E-state index contributed by atoms with van der Waals surface area (Å²) in [7, 11) is 0. The van der Waals surface area contributed by atoms with E-state index in [2.05, 4.69) is 0 Å². The summed E-state index contributed by atoms with van der Waals surface area (Å²) < 4.78 is 0. The third-order valence-corrected chi connectivity index (χ3v) is 1.32. The molecule has 0 atom stereocenters. The quantitative estimate of drug-likeness (QED) is 0.411. The molecule has 0 heterocycles. The molecule has 0 amide bonds. The number of phenols is 3. The molecule has 0 aliphatic heterocycles. The van der Waals surface area contributed by atoms with E-state index in [1.54, 1.807) is 0 Å². The summed E-state index contributed by atoms with van der Waals surface area (Å²) in [6.07, 6.45) is 0. The third kappa shape index (κ3) is 2.45. The van der Waals surface area contributed by atoms with E-state index >= 15 is 0 Å². The molecule has 1 rings (SSSR count). The van der Waals surface area contributed by atoms with Gasteiger partial charge in [-0.05, 0) is 12.1 Å².